The Bertz CT molecular complexity index is 813. The van der Waals surface area contributed by atoms with E-state index in [9.17, 15) is 4.79 Å². The maximum Gasteiger partial charge on any atom is 0.277 e. The van der Waals surface area contributed by atoms with Crippen LogP contribution in [0.1, 0.15) is 38.8 Å². The van der Waals surface area contributed by atoms with Crippen LogP contribution in [0.3, 0.4) is 0 Å². The second-order valence-corrected chi connectivity index (χ2v) is 7.80. The fourth-order valence-corrected chi connectivity index (χ4v) is 2.80. The van der Waals surface area contributed by atoms with E-state index < -0.39 is 0 Å². The highest BCUT2D eigenvalue weighted by atomic mass is 79.9. The number of ether oxygens (including phenoxy) is 2. The normalized spacial score (nSPS) is 11.4. The molecule has 1 N–H and O–H groups in total. The molecular formula is C21H25BrN2O3. The zero-order valence-electron chi connectivity index (χ0n) is 16.1. The molecule has 0 aliphatic heterocycles. The number of nitrogens with one attached hydrogen (secondary N) is 1. The van der Waals surface area contributed by atoms with Crippen LogP contribution in [0, 0.1) is 0 Å². The number of rotatable bonds is 7. The summed E-state index contributed by atoms with van der Waals surface area (Å²) in [5, 5.41) is 3.97. The van der Waals surface area contributed by atoms with Gasteiger partial charge in [0.25, 0.3) is 5.91 Å². The van der Waals surface area contributed by atoms with E-state index >= 15 is 0 Å². The van der Waals surface area contributed by atoms with Gasteiger partial charge in [-0.15, -0.1) is 0 Å². The van der Waals surface area contributed by atoms with E-state index in [4.69, 9.17) is 9.47 Å². The molecule has 144 valence electrons. The molecule has 2 aromatic rings. The molecule has 0 spiro atoms. The number of hydrogen-bond donors (Lipinski definition) is 1. The molecule has 27 heavy (non-hydrogen) atoms. The topological polar surface area (TPSA) is 59.9 Å². The molecule has 0 atom stereocenters. The highest BCUT2D eigenvalue weighted by molar-refractivity contribution is 9.10. The van der Waals surface area contributed by atoms with Crippen molar-refractivity contribution in [3.05, 3.63) is 58.1 Å². The van der Waals surface area contributed by atoms with Crippen molar-refractivity contribution in [1.29, 1.82) is 0 Å². The van der Waals surface area contributed by atoms with Crippen molar-refractivity contribution in [1.82, 2.24) is 5.43 Å². The Morgan fingerprint density at radius 3 is 2.56 bits per heavy atom. The molecule has 0 saturated heterocycles. The second kappa shape index (κ2) is 9.55. The van der Waals surface area contributed by atoms with E-state index in [0.717, 1.165) is 15.8 Å². The molecular weight excluding hydrogens is 408 g/mol. The van der Waals surface area contributed by atoms with Crippen molar-refractivity contribution >= 4 is 28.1 Å². The van der Waals surface area contributed by atoms with Gasteiger partial charge in [-0.05, 0) is 58.1 Å². The lowest BCUT2D eigenvalue weighted by atomic mass is 9.87. The van der Waals surface area contributed by atoms with Gasteiger partial charge in [0.2, 0.25) is 0 Å². The molecule has 0 aliphatic carbocycles. The highest BCUT2D eigenvalue weighted by Gasteiger charge is 2.15. The summed E-state index contributed by atoms with van der Waals surface area (Å²) in [6.07, 6.45) is 1.55. The summed E-state index contributed by atoms with van der Waals surface area (Å²) in [6.45, 7) is 8.78. The summed E-state index contributed by atoms with van der Waals surface area (Å²) in [4.78, 5) is 12.0. The quantitative estimate of drug-likeness (QED) is 0.510. The number of hydrazone groups is 1. The first kappa shape index (κ1) is 21.0. The van der Waals surface area contributed by atoms with E-state index in [1.54, 1.807) is 6.21 Å². The zero-order valence-corrected chi connectivity index (χ0v) is 17.7. The Morgan fingerprint density at radius 2 is 1.89 bits per heavy atom. The van der Waals surface area contributed by atoms with Crippen molar-refractivity contribution in [3.8, 4) is 11.5 Å². The SMILES string of the molecule is CCOc1ccccc1/C=N/NC(=O)COc1ccc(C(C)(C)C)cc1Br. The summed E-state index contributed by atoms with van der Waals surface area (Å²) < 4.78 is 11.9. The molecule has 0 aromatic heterocycles. The van der Waals surface area contributed by atoms with Crippen molar-refractivity contribution in [2.45, 2.75) is 33.1 Å². The number of hydrogen-bond acceptors (Lipinski definition) is 4. The number of para-hydroxylation sites is 1. The fourth-order valence-electron chi connectivity index (χ4n) is 2.31. The molecule has 0 saturated carbocycles. The third-order valence-electron chi connectivity index (χ3n) is 3.77. The molecule has 0 bridgehead atoms. The highest BCUT2D eigenvalue weighted by Crippen LogP contribution is 2.31. The lowest BCUT2D eigenvalue weighted by molar-refractivity contribution is -0.123. The summed E-state index contributed by atoms with van der Waals surface area (Å²) >= 11 is 3.50. The minimum absolute atomic E-state index is 0.0465. The molecule has 0 heterocycles. The van der Waals surface area contributed by atoms with Crippen LogP contribution in [0.4, 0.5) is 0 Å². The van der Waals surface area contributed by atoms with E-state index in [2.05, 4.69) is 47.2 Å². The van der Waals surface area contributed by atoms with Crippen molar-refractivity contribution < 1.29 is 14.3 Å². The maximum atomic E-state index is 12.0. The Labute approximate surface area is 168 Å². The first-order chi connectivity index (χ1) is 12.8. The number of nitrogens with zero attached hydrogens (tertiary/aromatic N) is 1. The zero-order chi connectivity index (χ0) is 19.9. The number of benzene rings is 2. The number of carbonyl (C=O) groups excluding carboxylic acids is 1. The van der Waals surface area contributed by atoms with Crippen molar-refractivity contribution in [3.63, 3.8) is 0 Å². The van der Waals surface area contributed by atoms with Crippen LogP contribution in [0.15, 0.2) is 52.0 Å². The van der Waals surface area contributed by atoms with E-state index in [-0.39, 0.29) is 17.9 Å². The van der Waals surface area contributed by atoms with E-state index in [0.29, 0.717) is 12.4 Å². The third-order valence-corrected chi connectivity index (χ3v) is 4.39. The lowest BCUT2D eigenvalue weighted by Crippen LogP contribution is -2.24. The number of halogens is 1. The molecule has 0 fully saturated rings. The number of amides is 1. The van der Waals surface area contributed by atoms with Gasteiger partial charge in [0, 0.05) is 5.56 Å². The van der Waals surface area contributed by atoms with E-state index in [1.165, 1.54) is 5.56 Å². The van der Waals surface area contributed by atoms with Crippen LogP contribution < -0.4 is 14.9 Å². The van der Waals surface area contributed by atoms with Crippen LogP contribution >= 0.6 is 15.9 Å². The first-order valence-corrected chi connectivity index (χ1v) is 9.57. The molecule has 1 amide bonds. The molecule has 2 rings (SSSR count). The molecule has 5 nitrogen and oxygen atoms in total. The first-order valence-electron chi connectivity index (χ1n) is 8.78. The van der Waals surface area contributed by atoms with Gasteiger partial charge in [-0.3, -0.25) is 4.79 Å². The Morgan fingerprint density at radius 1 is 1.15 bits per heavy atom. The lowest BCUT2D eigenvalue weighted by Gasteiger charge is -2.20. The van der Waals surface area contributed by atoms with E-state index in [1.807, 2.05) is 49.4 Å². The minimum Gasteiger partial charge on any atom is -0.493 e. The summed E-state index contributed by atoms with van der Waals surface area (Å²) in [7, 11) is 0. The van der Waals surface area contributed by atoms with Gasteiger partial charge in [0.1, 0.15) is 11.5 Å². The van der Waals surface area contributed by atoms with Crippen LogP contribution in [0.5, 0.6) is 11.5 Å². The van der Waals surface area contributed by atoms with Gasteiger partial charge in [-0.1, -0.05) is 39.0 Å². The van der Waals surface area contributed by atoms with Crippen molar-refractivity contribution in [2.24, 2.45) is 5.10 Å². The maximum absolute atomic E-state index is 12.0. The molecule has 2 aromatic carbocycles. The summed E-state index contributed by atoms with van der Waals surface area (Å²) in [6, 6.07) is 13.4. The largest absolute Gasteiger partial charge is 0.493 e. The second-order valence-electron chi connectivity index (χ2n) is 6.95. The minimum atomic E-state index is -0.341. The van der Waals surface area contributed by atoms with Gasteiger partial charge in [0.15, 0.2) is 6.61 Å². The predicted molar refractivity (Wildman–Crippen MR) is 112 cm³/mol. The third kappa shape index (κ3) is 6.40. The Kier molecular flexibility index (Phi) is 7.42. The van der Waals surface area contributed by atoms with Gasteiger partial charge in [0.05, 0.1) is 17.3 Å². The average Bonchev–Trinajstić information content (AvgIpc) is 2.61. The number of carbonyl (C=O) groups is 1. The van der Waals surface area contributed by atoms with Gasteiger partial charge in [-0.2, -0.15) is 5.10 Å². The monoisotopic (exact) mass is 432 g/mol. The van der Waals surface area contributed by atoms with Crippen LogP contribution in [-0.4, -0.2) is 25.3 Å². The fraction of sp³-hybridized carbons (Fsp3) is 0.333. The van der Waals surface area contributed by atoms with Gasteiger partial charge >= 0.3 is 0 Å². The van der Waals surface area contributed by atoms with Gasteiger partial charge < -0.3 is 9.47 Å². The van der Waals surface area contributed by atoms with Gasteiger partial charge in [-0.25, -0.2) is 5.43 Å². The van der Waals surface area contributed by atoms with Crippen LogP contribution in [-0.2, 0) is 10.2 Å². The summed E-state index contributed by atoms with van der Waals surface area (Å²) in [5.74, 6) is 0.993. The average molecular weight is 433 g/mol. The Hall–Kier alpha value is -2.34. The summed E-state index contributed by atoms with van der Waals surface area (Å²) in [5.41, 5.74) is 4.48. The Balaban J connectivity index is 1.90. The van der Waals surface area contributed by atoms with Crippen molar-refractivity contribution in [2.75, 3.05) is 13.2 Å². The molecule has 0 unspecified atom stereocenters. The molecule has 0 aliphatic rings. The van der Waals surface area contributed by atoms with Crippen LogP contribution in [0.25, 0.3) is 0 Å². The van der Waals surface area contributed by atoms with Crippen LogP contribution in [0.2, 0.25) is 0 Å². The standard InChI is InChI=1S/C21H25BrN2O3/c1-5-26-18-9-7-6-8-15(18)13-23-24-20(25)14-27-19-11-10-16(12-17(19)22)21(2,3)4/h6-13H,5,14H2,1-4H3,(H,24,25)/b23-13+. The molecule has 6 heteroatoms. The molecule has 0 radical (unpaired) electrons. The predicted octanol–water partition coefficient (Wildman–Crippen LogP) is 4.67. The smallest absolute Gasteiger partial charge is 0.277 e.